The number of carbonyl (C=O) groups excluding carboxylic acids is 5. The lowest BCUT2D eigenvalue weighted by atomic mass is 9.93. The van der Waals surface area contributed by atoms with Crippen molar-refractivity contribution in [2.45, 2.75) is 61.0 Å². The number of primary amides is 1. The summed E-state index contributed by atoms with van der Waals surface area (Å²) in [7, 11) is -4.52. The third-order valence-electron chi connectivity index (χ3n) is 15.7. The number of benzene rings is 8. The van der Waals surface area contributed by atoms with Gasteiger partial charge >= 0.3 is 24.2 Å². The van der Waals surface area contributed by atoms with E-state index in [1.807, 2.05) is 182 Å². The van der Waals surface area contributed by atoms with Gasteiger partial charge in [-0.05, 0) is 82.1 Å². The molecule has 0 spiro atoms. The van der Waals surface area contributed by atoms with Gasteiger partial charge in [0.15, 0.2) is 45.7 Å². The van der Waals surface area contributed by atoms with Crippen LogP contribution in [0.3, 0.4) is 0 Å². The summed E-state index contributed by atoms with van der Waals surface area (Å²) in [4.78, 5) is 91.0. The Morgan fingerprint density at radius 1 is 0.604 bits per heavy atom. The molecule has 2 aliphatic heterocycles. The van der Waals surface area contributed by atoms with Crippen LogP contribution in [0.25, 0.3) is 6.08 Å². The highest BCUT2D eigenvalue weighted by Crippen LogP contribution is 2.50. The Morgan fingerprint density at radius 2 is 1.00 bits per heavy atom. The van der Waals surface area contributed by atoms with Crippen molar-refractivity contribution < 1.29 is 61.1 Å². The summed E-state index contributed by atoms with van der Waals surface area (Å²) in [6.45, 7) is 1.70. The highest BCUT2D eigenvalue weighted by atomic mass is 32.2. The second-order valence-corrected chi connectivity index (χ2v) is 24.7. The molecule has 3 heterocycles. The number of sulfone groups is 1. The second kappa shape index (κ2) is 31.2. The van der Waals surface area contributed by atoms with E-state index >= 15 is 0 Å². The van der Waals surface area contributed by atoms with Gasteiger partial charge < -0.3 is 40.2 Å². The number of aliphatic imine (C=N–C) groups is 2. The smallest absolute Gasteiger partial charge is 0.437 e. The van der Waals surface area contributed by atoms with E-state index in [0.29, 0.717) is 16.7 Å². The summed E-state index contributed by atoms with van der Waals surface area (Å²) in [6, 6.07) is 75.5. The second-order valence-electron chi connectivity index (χ2n) is 22.2. The van der Waals surface area contributed by atoms with Gasteiger partial charge in [0, 0.05) is 6.20 Å². The fourth-order valence-electron chi connectivity index (χ4n) is 11.0. The summed E-state index contributed by atoms with van der Waals surface area (Å²) < 4.78 is 49.4. The van der Waals surface area contributed by atoms with Crippen LogP contribution in [0.1, 0.15) is 94.0 Å². The summed E-state index contributed by atoms with van der Waals surface area (Å²) in [6.07, 6.45) is -2.08. The zero-order valence-electron chi connectivity index (χ0n) is 52.0. The molecule has 0 saturated carbocycles. The lowest BCUT2D eigenvalue weighted by molar-refractivity contribution is -0.245. The molecule has 2 fully saturated rings. The van der Waals surface area contributed by atoms with Crippen LogP contribution in [-0.4, -0.2) is 94.3 Å². The minimum Gasteiger partial charge on any atom is -0.451 e. The average molecular weight is 1310 g/mol. The lowest BCUT2D eigenvalue weighted by Crippen LogP contribution is -2.60. The van der Waals surface area contributed by atoms with Gasteiger partial charge in [-0.1, -0.05) is 243 Å². The van der Waals surface area contributed by atoms with Gasteiger partial charge in [-0.15, -0.1) is 4.99 Å². The Morgan fingerprint density at radius 3 is 1.41 bits per heavy atom. The fourth-order valence-corrected chi connectivity index (χ4v) is 13.3. The highest BCUT2D eigenvalue weighted by Gasteiger charge is 2.73. The van der Waals surface area contributed by atoms with Gasteiger partial charge in [0.2, 0.25) is 12.4 Å². The van der Waals surface area contributed by atoms with Crippen molar-refractivity contribution in [3.05, 3.63) is 322 Å². The average Bonchev–Trinajstić information content (AvgIpc) is 1.51. The quantitative estimate of drug-likeness (QED) is 0.00934. The molecule has 3 atom stereocenters. The fraction of sp³-hybridized carbons (Fsp3) is 0.149. The Hall–Kier alpha value is -11.9. The van der Waals surface area contributed by atoms with Gasteiger partial charge in [-0.3, -0.25) is 20.1 Å². The Balaban J connectivity index is 0.000000237. The summed E-state index contributed by atoms with van der Waals surface area (Å²) in [5.41, 5.74) is 17.6. The van der Waals surface area contributed by atoms with Crippen LogP contribution in [0.15, 0.2) is 277 Å². The number of ether oxygens (including phenoxy) is 4. The maximum atomic E-state index is 14.5. The molecule has 2 aliphatic rings. The third-order valence-corrected chi connectivity index (χ3v) is 18.4. The van der Waals surface area contributed by atoms with Crippen molar-refractivity contribution in [3.63, 3.8) is 0 Å². The van der Waals surface area contributed by atoms with E-state index < -0.39 is 87.2 Å². The van der Waals surface area contributed by atoms with E-state index in [4.69, 9.17) is 45.6 Å². The maximum Gasteiger partial charge on any atom is 0.437 e. The van der Waals surface area contributed by atoms with E-state index in [-0.39, 0.29) is 29.6 Å². The van der Waals surface area contributed by atoms with Crippen molar-refractivity contribution in [1.82, 2.24) is 14.8 Å². The summed E-state index contributed by atoms with van der Waals surface area (Å²) in [5.74, 6) is -2.24. The molecule has 8 aromatic carbocycles. The summed E-state index contributed by atoms with van der Waals surface area (Å²) in [5, 5.41) is 6.82. The number of nitrogens with two attached hydrogens (primary N) is 2. The predicted octanol–water partition coefficient (Wildman–Crippen LogP) is 12.3. The van der Waals surface area contributed by atoms with Crippen molar-refractivity contribution in [2.75, 3.05) is 6.61 Å². The number of hydrogen-bond donors (Lipinski definition) is 3. The molecule has 96 heavy (non-hydrogen) atoms. The third kappa shape index (κ3) is 15.9. The van der Waals surface area contributed by atoms with Crippen LogP contribution in [0.4, 0.5) is 14.4 Å². The molecule has 5 N–H and O–H groups in total. The van der Waals surface area contributed by atoms with Crippen molar-refractivity contribution >= 4 is 64.3 Å². The highest BCUT2D eigenvalue weighted by molar-refractivity contribution is 7.94. The molecule has 1 aromatic heterocycles. The van der Waals surface area contributed by atoms with Crippen molar-refractivity contribution in [2.24, 2.45) is 21.5 Å². The number of guanidine groups is 1. The molecule has 9 aromatic rings. The van der Waals surface area contributed by atoms with Crippen molar-refractivity contribution in [3.8, 4) is 0 Å². The van der Waals surface area contributed by atoms with Gasteiger partial charge in [0.05, 0.1) is 17.8 Å². The molecule has 0 unspecified atom stereocenters. The van der Waals surface area contributed by atoms with Crippen LogP contribution < -0.4 is 11.5 Å². The van der Waals surface area contributed by atoms with E-state index in [9.17, 15) is 32.4 Å². The van der Waals surface area contributed by atoms with Crippen LogP contribution >= 0.6 is 0 Å². The van der Waals surface area contributed by atoms with Gasteiger partial charge in [0.1, 0.15) is 17.2 Å². The number of fused-ring (bicyclic) bond motifs is 1. The topological polar surface area (TPSA) is 295 Å². The number of nitrogens with one attached hydrogen (secondary N) is 1. The van der Waals surface area contributed by atoms with E-state index in [1.54, 1.807) is 72.8 Å². The molecule has 21 nitrogen and oxygen atoms in total. The molecule has 4 amide bonds. The number of pyridine rings is 1. The minimum absolute atomic E-state index is 0.101. The first-order valence-corrected chi connectivity index (χ1v) is 31.7. The van der Waals surface area contributed by atoms with E-state index in [0.717, 1.165) is 49.6 Å². The molecule has 2 saturated heterocycles. The number of aromatic nitrogens is 1. The molecular formula is C74H66N8O13S. The normalized spacial score (nSPS) is 16.6. The van der Waals surface area contributed by atoms with Gasteiger partial charge in [-0.25, -0.2) is 27.6 Å². The number of hydrogen-bond acceptors (Lipinski definition) is 15. The van der Waals surface area contributed by atoms with Gasteiger partial charge in [0.25, 0.3) is 5.91 Å². The van der Waals surface area contributed by atoms with E-state index in [2.05, 4.69) is 15.0 Å². The predicted molar refractivity (Wildman–Crippen MR) is 359 cm³/mol. The number of amides is 4. The SMILES string of the molecule is CC(=N)N(Cc1ccnc(/C=C2/C(=O)N3[C@@H](C(=O)OC(c4ccccc4)c4ccccc4)[C@](C)(COC(N)=O)S(=O)(=O)[C@H]23)c1)C(=O)OC(c1ccccc1)c1ccccc1.NC(N=COOC(c1ccccc1)c1ccccc1)=NC(=O)OC(c1ccccc1)c1ccccc1. The van der Waals surface area contributed by atoms with Crippen LogP contribution in [-0.2, 0) is 54.7 Å². The summed E-state index contributed by atoms with van der Waals surface area (Å²) >= 11 is 0. The number of amidine groups is 1. The van der Waals surface area contributed by atoms with E-state index in [1.165, 1.54) is 26.1 Å². The van der Waals surface area contributed by atoms with Crippen LogP contribution in [0, 0.1) is 5.41 Å². The first-order valence-electron chi connectivity index (χ1n) is 30.2. The van der Waals surface area contributed by atoms with Crippen LogP contribution in [0.5, 0.6) is 0 Å². The number of nitrogens with zero attached hydrogens (tertiary/aromatic N) is 5. The number of β-lactam (4-membered cyclic amide) rings is 1. The number of rotatable bonds is 20. The molecule has 11 rings (SSSR count). The Bertz CT molecular complexity index is 4220. The van der Waals surface area contributed by atoms with Crippen molar-refractivity contribution in [1.29, 1.82) is 5.41 Å². The Labute approximate surface area is 554 Å². The van der Waals surface area contributed by atoms with Gasteiger partial charge in [-0.2, -0.15) is 9.88 Å². The first kappa shape index (κ1) is 67.0. The maximum absolute atomic E-state index is 14.5. The largest absolute Gasteiger partial charge is 0.451 e. The monoisotopic (exact) mass is 1310 g/mol. The molecule has 486 valence electrons. The molecule has 22 heteroatoms. The molecule has 0 bridgehead atoms. The molecule has 0 radical (unpaired) electrons. The Kier molecular flexibility index (Phi) is 21.8. The standard InChI is InChI=1S/C45H41N5O9S.C29H25N3O4/c1-29(46)49(44(54)59-38(33-19-11-5-12-20-33)34-21-13-6-14-22-34)27-30-23-24-48-35(25-30)26-36-40(51)50-39(45(2,28-57-43(47)53)60(55,56)41(36)50)42(52)58-37(31-15-7-3-8-16-31)32-17-9-4-10-18-32;30-28(31-21-34-36-27(24-17-9-3-10-18-24)25-19-11-4-12-20-25)32-29(33)35-26(22-13-5-1-6-14-22)23-15-7-2-8-16-23/h3-26,37-39,41,46H,27-28H2,1-2H3,(H2,47,53);1-21,26-27H,(H2,30,32,33)/b36-26-,46-29?;/t39-,41+,45-;/m0./s1. The minimum atomic E-state index is -4.52. The first-order chi connectivity index (χ1) is 46.5. The van der Waals surface area contributed by atoms with Crippen LogP contribution in [0.2, 0.25) is 0 Å². The number of carbonyl (C=O) groups is 5. The zero-order chi connectivity index (χ0) is 67.6. The molecule has 0 aliphatic carbocycles. The lowest BCUT2D eigenvalue weighted by Gasteiger charge is -2.39. The zero-order valence-corrected chi connectivity index (χ0v) is 52.8. The molecular weight excluding hydrogens is 1240 g/mol. The number of esters is 1.